The lowest BCUT2D eigenvalue weighted by atomic mass is 9.97. The van der Waals surface area contributed by atoms with Gasteiger partial charge in [-0.25, -0.2) is 0 Å². The summed E-state index contributed by atoms with van der Waals surface area (Å²) in [6.07, 6.45) is 2.40. The first kappa shape index (κ1) is 19.4. The predicted molar refractivity (Wildman–Crippen MR) is 81.6 cm³/mol. The van der Waals surface area contributed by atoms with Crippen molar-refractivity contribution < 1.29 is 14.6 Å². The lowest BCUT2D eigenvalue weighted by molar-refractivity contribution is -0.136. The SMILES string of the molecule is CNCC1CCCN(C(=O)C(C)C)C1.COC(C)CO. The maximum absolute atomic E-state index is 11.8. The minimum Gasteiger partial charge on any atom is -0.394 e. The summed E-state index contributed by atoms with van der Waals surface area (Å²) in [5.74, 6) is 1.10. The number of aliphatic hydroxyl groups is 1. The molecule has 1 aliphatic heterocycles. The van der Waals surface area contributed by atoms with E-state index in [9.17, 15) is 4.79 Å². The molecule has 20 heavy (non-hydrogen) atoms. The number of likely N-dealkylation sites (tertiary alicyclic amines) is 1. The van der Waals surface area contributed by atoms with Crippen molar-refractivity contribution in [2.75, 3.05) is 40.4 Å². The van der Waals surface area contributed by atoms with Crippen molar-refractivity contribution in [3.05, 3.63) is 0 Å². The number of aliphatic hydroxyl groups excluding tert-OH is 1. The van der Waals surface area contributed by atoms with E-state index < -0.39 is 0 Å². The van der Waals surface area contributed by atoms with Crippen molar-refractivity contribution in [2.45, 2.75) is 39.7 Å². The third-order valence-electron chi connectivity index (χ3n) is 3.48. The van der Waals surface area contributed by atoms with E-state index in [0.717, 1.165) is 26.1 Å². The number of methoxy groups -OCH3 is 1. The van der Waals surface area contributed by atoms with Crippen molar-refractivity contribution in [1.82, 2.24) is 10.2 Å². The number of amides is 1. The van der Waals surface area contributed by atoms with Crippen LogP contribution in [0.15, 0.2) is 0 Å². The van der Waals surface area contributed by atoms with Crippen LogP contribution in [0.3, 0.4) is 0 Å². The Kier molecular flexibility index (Phi) is 10.7. The largest absolute Gasteiger partial charge is 0.394 e. The Balaban J connectivity index is 0.000000511. The highest BCUT2D eigenvalue weighted by Crippen LogP contribution is 2.17. The second kappa shape index (κ2) is 11.1. The van der Waals surface area contributed by atoms with E-state index in [2.05, 4.69) is 10.1 Å². The maximum atomic E-state index is 11.8. The Bertz CT molecular complexity index is 254. The molecule has 0 saturated carbocycles. The van der Waals surface area contributed by atoms with Crippen LogP contribution in [0.25, 0.3) is 0 Å². The highest BCUT2D eigenvalue weighted by atomic mass is 16.5. The summed E-state index contributed by atoms with van der Waals surface area (Å²) < 4.78 is 4.65. The molecular formula is C15H32N2O3. The zero-order valence-corrected chi connectivity index (χ0v) is 13.7. The predicted octanol–water partition coefficient (Wildman–Crippen LogP) is 1.11. The van der Waals surface area contributed by atoms with Crippen LogP contribution in [-0.2, 0) is 9.53 Å². The highest BCUT2D eigenvalue weighted by Gasteiger charge is 2.24. The normalized spacial score (nSPS) is 20.4. The number of nitrogens with one attached hydrogen (secondary N) is 1. The fraction of sp³-hybridized carbons (Fsp3) is 0.933. The summed E-state index contributed by atoms with van der Waals surface area (Å²) in [4.78, 5) is 13.8. The van der Waals surface area contributed by atoms with E-state index in [1.54, 1.807) is 14.0 Å². The highest BCUT2D eigenvalue weighted by molar-refractivity contribution is 5.78. The van der Waals surface area contributed by atoms with E-state index >= 15 is 0 Å². The quantitative estimate of drug-likeness (QED) is 0.796. The second-order valence-corrected chi connectivity index (χ2v) is 5.73. The topological polar surface area (TPSA) is 61.8 Å². The van der Waals surface area contributed by atoms with Crippen molar-refractivity contribution in [1.29, 1.82) is 0 Å². The molecule has 0 aliphatic carbocycles. The monoisotopic (exact) mass is 288 g/mol. The van der Waals surface area contributed by atoms with Crippen LogP contribution in [0.2, 0.25) is 0 Å². The minimum atomic E-state index is -0.00926. The van der Waals surface area contributed by atoms with Crippen LogP contribution < -0.4 is 5.32 Å². The zero-order chi connectivity index (χ0) is 15.5. The van der Waals surface area contributed by atoms with Crippen molar-refractivity contribution >= 4 is 5.91 Å². The average Bonchev–Trinajstić information content (AvgIpc) is 2.46. The first-order valence-electron chi connectivity index (χ1n) is 7.53. The molecule has 1 saturated heterocycles. The van der Waals surface area contributed by atoms with Gasteiger partial charge in [0.15, 0.2) is 0 Å². The van der Waals surface area contributed by atoms with Crippen LogP contribution >= 0.6 is 0 Å². The van der Waals surface area contributed by atoms with Gasteiger partial charge in [0, 0.05) is 26.1 Å². The van der Waals surface area contributed by atoms with Gasteiger partial charge in [-0.1, -0.05) is 13.8 Å². The van der Waals surface area contributed by atoms with Crippen LogP contribution in [0, 0.1) is 11.8 Å². The number of carbonyl (C=O) groups is 1. The van der Waals surface area contributed by atoms with Gasteiger partial charge in [0.25, 0.3) is 0 Å². The molecule has 2 unspecified atom stereocenters. The molecular weight excluding hydrogens is 256 g/mol. The lowest BCUT2D eigenvalue weighted by Gasteiger charge is -2.33. The van der Waals surface area contributed by atoms with Crippen LogP contribution in [0.5, 0.6) is 0 Å². The molecule has 5 heteroatoms. The second-order valence-electron chi connectivity index (χ2n) is 5.73. The Morgan fingerprint density at radius 1 is 1.45 bits per heavy atom. The first-order chi connectivity index (χ1) is 9.46. The number of nitrogens with zero attached hydrogens (tertiary/aromatic N) is 1. The molecule has 120 valence electrons. The van der Waals surface area contributed by atoms with Gasteiger partial charge in [-0.3, -0.25) is 4.79 Å². The van der Waals surface area contributed by atoms with E-state index in [1.807, 2.05) is 25.8 Å². The molecule has 0 aromatic rings. The molecule has 1 aliphatic rings. The summed E-state index contributed by atoms with van der Waals surface area (Å²) >= 11 is 0. The summed E-state index contributed by atoms with van der Waals surface area (Å²) in [5.41, 5.74) is 0. The third-order valence-corrected chi connectivity index (χ3v) is 3.48. The van der Waals surface area contributed by atoms with Gasteiger partial charge in [0.2, 0.25) is 5.91 Å². The molecule has 0 aromatic carbocycles. The summed E-state index contributed by atoms with van der Waals surface area (Å²) in [6, 6.07) is 0. The van der Waals surface area contributed by atoms with Crippen molar-refractivity contribution in [2.24, 2.45) is 11.8 Å². The van der Waals surface area contributed by atoms with E-state index in [0.29, 0.717) is 11.8 Å². The number of piperidine rings is 1. The smallest absolute Gasteiger partial charge is 0.225 e. The Labute approximate surface area is 123 Å². The van der Waals surface area contributed by atoms with Gasteiger partial charge < -0.3 is 20.1 Å². The Morgan fingerprint density at radius 2 is 2.10 bits per heavy atom. The minimum absolute atomic E-state index is 0.00926. The van der Waals surface area contributed by atoms with Gasteiger partial charge in [-0.2, -0.15) is 0 Å². The van der Waals surface area contributed by atoms with Crippen LogP contribution in [0.4, 0.5) is 0 Å². The molecule has 0 aromatic heterocycles. The Hall–Kier alpha value is -0.650. The van der Waals surface area contributed by atoms with Crippen LogP contribution in [-0.4, -0.2) is 62.4 Å². The fourth-order valence-electron chi connectivity index (χ4n) is 2.16. The lowest BCUT2D eigenvalue weighted by Crippen LogP contribution is -2.44. The van der Waals surface area contributed by atoms with Gasteiger partial charge in [0.05, 0.1) is 12.7 Å². The van der Waals surface area contributed by atoms with Crippen molar-refractivity contribution in [3.63, 3.8) is 0 Å². The van der Waals surface area contributed by atoms with E-state index in [-0.39, 0.29) is 18.6 Å². The number of ether oxygens (including phenoxy) is 1. The van der Waals surface area contributed by atoms with Crippen molar-refractivity contribution in [3.8, 4) is 0 Å². The molecule has 1 rings (SSSR count). The van der Waals surface area contributed by atoms with E-state index in [4.69, 9.17) is 5.11 Å². The average molecular weight is 288 g/mol. The first-order valence-corrected chi connectivity index (χ1v) is 7.53. The molecule has 5 nitrogen and oxygen atoms in total. The number of hydrogen-bond donors (Lipinski definition) is 2. The van der Waals surface area contributed by atoms with Gasteiger partial charge >= 0.3 is 0 Å². The Morgan fingerprint density at radius 3 is 2.50 bits per heavy atom. The molecule has 0 bridgehead atoms. The van der Waals surface area contributed by atoms with Gasteiger partial charge in [0.1, 0.15) is 0 Å². The molecule has 2 N–H and O–H groups in total. The molecule has 1 amide bonds. The number of rotatable bonds is 5. The standard InChI is InChI=1S/C11H22N2O.C4H10O2/c1-9(2)11(14)13-6-4-5-10(8-13)7-12-3;1-4(3-5)6-2/h9-10,12H,4-8H2,1-3H3;4-5H,3H2,1-2H3. The molecule has 1 fully saturated rings. The molecule has 1 heterocycles. The summed E-state index contributed by atoms with van der Waals surface area (Å²) in [6.45, 7) is 8.79. The summed E-state index contributed by atoms with van der Waals surface area (Å²) in [5, 5.41) is 11.4. The van der Waals surface area contributed by atoms with E-state index in [1.165, 1.54) is 6.42 Å². The maximum Gasteiger partial charge on any atom is 0.225 e. The van der Waals surface area contributed by atoms with Crippen LogP contribution in [0.1, 0.15) is 33.6 Å². The zero-order valence-electron chi connectivity index (χ0n) is 13.7. The van der Waals surface area contributed by atoms with Gasteiger partial charge in [-0.05, 0) is 39.3 Å². The molecule has 2 atom stereocenters. The fourth-order valence-corrected chi connectivity index (χ4v) is 2.16. The number of carbonyl (C=O) groups excluding carboxylic acids is 1. The third kappa shape index (κ3) is 7.82. The number of hydrogen-bond acceptors (Lipinski definition) is 4. The summed E-state index contributed by atoms with van der Waals surface area (Å²) in [7, 11) is 3.55. The molecule has 0 radical (unpaired) electrons. The molecule has 0 spiro atoms. The van der Waals surface area contributed by atoms with Gasteiger partial charge in [-0.15, -0.1) is 0 Å².